The Morgan fingerprint density at radius 2 is 0.774 bits per heavy atom. The highest BCUT2D eigenvalue weighted by molar-refractivity contribution is 6.99. The van der Waals surface area contributed by atoms with Gasteiger partial charge < -0.3 is 9.80 Å². The van der Waals surface area contributed by atoms with Gasteiger partial charge in [-0.1, -0.05) is 129 Å². The molecule has 0 aromatic heterocycles. The average Bonchev–Trinajstić information content (AvgIpc) is 3.43. The Bertz CT molecular complexity index is 2410. The molecule has 0 radical (unpaired) electrons. The van der Waals surface area contributed by atoms with Crippen LogP contribution in [0.2, 0.25) is 39.3 Å². The van der Waals surface area contributed by atoms with Gasteiger partial charge >= 0.3 is 0 Å². The van der Waals surface area contributed by atoms with Crippen molar-refractivity contribution in [1.29, 1.82) is 0 Å². The fraction of sp³-hybridized carbons (Fsp3) is 0.184. The second-order valence-electron chi connectivity index (χ2n) is 16.9. The van der Waals surface area contributed by atoms with Crippen molar-refractivity contribution in [1.82, 2.24) is 0 Å². The van der Waals surface area contributed by atoms with E-state index in [1.54, 1.807) is 0 Å². The molecule has 0 spiro atoms. The van der Waals surface area contributed by atoms with Gasteiger partial charge in [0, 0.05) is 38.8 Å². The zero-order valence-corrected chi connectivity index (χ0v) is 34.4. The van der Waals surface area contributed by atoms with Crippen LogP contribution < -0.4 is 9.80 Å². The number of para-hydroxylation sites is 2. The summed E-state index contributed by atoms with van der Waals surface area (Å²) in [5.74, 6) is 0. The van der Waals surface area contributed by atoms with Crippen LogP contribution in [0.15, 0.2) is 158 Å². The van der Waals surface area contributed by atoms with Crippen molar-refractivity contribution in [3.8, 4) is 11.1 Å². The fourth-order valence-electron chi connectivity index (χ4n) is 9.50. The van der Waals surface area contributed by atoms with Crippen LogP contribution in [0.3, 0.4) is 0 Å². The van der Waals surface area contributed by atoms with Crippen LogP contribution in [0.4, 0.5) is 34.1 Å². The summed E-state index contributed by atoms with van der Waals surface area (Å²) >= 11 is 0. The molecule has 0 saturated heterocycles. The molecule has 0 fully saturated rings. The lowest BCUT2D eigenvalue weighted by Crippen LogP contribution is -2.63. The first kappa shape index (κ1) is 34.9. The Morgan fingerprint density at radius 3 is 1.26 bits per heavy atom. The summed E-state index contributed by atoms with van der Waals surface area (Å²) in [6.07, 6.45) is 0. The fourth-order valence-corrected chi connectivity index (χ4v) is 22.6. The molecular formula is C49H50N2Si2. The molecule has 2 nitrogen and oxygen atoms in total. The zero-order chi connectivity index (χ0) is 37.1. The molecule has 8 rings (SSSR count). The van der Waals surface area contributed by atoms with Crippen LogP contribution in [0.5, 0.6) is 0 Å². The molecule has 1 aliphatic rings. The second-order valence-corrected chi connectivity index (χ2v) is 27.9. The van der Waals surface area contributed by atoms with Crippen LogP contribution in [0.1, 0.15) is 22.3 Å². The summed E-state index contributed by atoms with van der Waals surface area (Å²) in [6.45, 7) is 20.0. The van der Waals surface area contributed by atoms with E-state index in [1.165, 1.54) is 66.9 Å². The summed E-state index contributed by atoms with van der Waals surface area (Å²) in [6, 6.07) is 59.0. The highest BCUT2D eigenvalue weighted by atomic mass is 28.4. The number of hydrogen-bond acceptors (Lipinski definition) is 2. The molecular weight excluding hydrogens is 673 g/mol. The minimum atomic E-state index is -1.94. The number of aryl methyl sites for hydroxylation is 2. The van der Waals surface area contributed by atoms with Crippen LogP contribution in [-0.4, -0.2) is 16.1 Å². The van der Waals surface area contributed by atoms with E-state index in [-0.39, 0.29) is 4.66 Å². The average molecular weight is 723 g/mol. The van der Waals surface area contributed by atoms with Gasteiger partial charge in [-0.15, -0.1) is 0 Å². The van der Waals surface area contributed by atoms with Crippen molar-refractivity contribution in [2.24, 2.45) is 0 Å². The van der Waals surface area contributed by atoms with Crippen molar-refractivity contribution in [3.05, 3.63) is 180 Å². The molecule has 1 aliphatic carbocycles. The smallest absolute Gasteiger partial charge is 0.0579 e. The third kappa shape index (κ3) is 5.85. The SMILES string of the molecule is Cc1ccc(N(c2ccccc2)c2ccc3c(c2)C([Si](C)(C)C)([Si](C)(C)C)c2cc4cc(N(c5ccccc5)c5ccc(C)cc5)ccc4cc2-3)cc1. The van der Waals surface area contributed by atoms with Crippen LogP contribution in [0, 0.1) is 13.8 Å². The van der Waals surface area contributed by atoms with Gasteiger partial charge in [-0.25, -0.2) is 0 Å². The van der Waals surface area contributed by atoms with Crippen LogP contribution >= 0.6 is 0 Å². The van der Waals surface area contributed by atoms with Crippen LogP contribution in [0.25, 0.3) is 21.9 Å². The first-order chi connectivity index (χ1) is 25.4. The Morgan fingerprint density at radius 1 is 0.358 bits per heavy atom. The summed E-state index contributed by atoms with van der Waals surface area (Å²) in [4.78, 5) is 4.83. The zero-order valence-electron chi connectivity index (χ0n) is 32.4. The van der Waals surface area contributed by atoms with E-state index in [9.17, 15) is 0 Å². The minimum absolute atomic E-state index is 0.00339. The monoisotopic (exact) mass is 722 g/mol. The Balaban J connectivity index is 1.35. The molecule has 264 valence electrons. The summed E-state index contributed by atoms with van der Waals surface area (Å²) in [5, 5.41) is 2.58. The molecule has 53 heavy (non-hydrogen) atoms. The van der Waals surface area contributed by atoms with E-state index < -0.39 is 16.1 Å². The normalized spacial score (nSPS) is 13.4. The van der Waals surface area contributed by atoms with Crippen molar-refractivity contribution in [3.63, 3.8) is 0 Å². The quantitative estimate of drug-likeness (QED) is 0.144. The van der Waals surface area contributed by atoms with E-state index in [1.807, 2.05) is 0 Å². The second kappa shape index (κ2) is 13.0. The van der Waals surface area contributed by atoms with Crippen LogP contribution in [-0.2, 0) is 4.66 Å². The van der Waals surface area contributed by atoms with Gasteiger partial charge in [0.05, 0.1) is 16.1 Å². The predicted octanol–water partition coefficient (Wildman–Crippen LogP) is 14.4. The predicted molar refractivity (Wildman–Crippen MR) is 236 cm³/mol. The molecule has 0 heterocycles. The van der Waals surface area contributed by atoms with E-state index in [0.29, 0.717) is 0 Å². The molecule has 7 aromatic rings. The van der Waals surface area contributed by atoms with Gasteiger partial charge in [-0.3, -0.25) is 0 Å². The number of hydrogen-bond donors (Lipinski definition) is 0. The third-order valence-corrected chi connectivity index (χ3v) is 21.5. The first-order valence-electron chi connectivity index (χ1n) is 18.9. The number of rotatable bonds is 8. The van der Waals surface area contributed by atoms with E-state index >= 15 is 0 Å². The highest BCUT2D eigenvalue weighted by Crippen LogP contribution is 2.59. The molecule has 0 saturated carbocycles. The number of fused-ring (bicyclic) bond motifs is 4. The Hall–Kier alpha value is -5.17. The van der Waals surface area contributed by atoms with E-state index in [4.69, 9.17) is 0 Å². The molecule has 0 bridgehead atoms. The summed E-state index contributed by atoms with van der Waals surface area (Å²) < 4.78 is -0.00339. The summed E-state index contributed by atoms with van der Waals surface area (Å²) in [5.41, 5.74) is 15.5. The third-order valence-electron chi connectivity index (χ3n) is 11.4. The topological polar surface area (TPSA) is 6.48 Å². The lowest BCUT2D eigenvalue weighted by Gasteiger charge is -2.51. The van der Waals surface area contributed by atoms with Gasteiger partial charge in [-0.05, 0) is 126 Å². The lowest BCUT2D eigenvalue weighted by molar-refractivity contribution is 0.953. The minimum Gasteiger partial charge on any atom is -0.310 e. The molecule has 7 aromatic carbocycles. The summed E-state index contributed by atoms with van der Waals surface area (Å²) in [7, 11) is -3.87. The van der Waals surface area contributed by atoms with Gasteiger partial charge in [0.1, 0.15) is 0 Å². The van der Waals surface area contributed by atoms with Gasteiger partial charge in [0.15, 0.2) is 0 Å². The lowest BCUT2D eigenvalue weighted by atomic mass is 9.99. The maximum Gasteiger partial charge on any atom is 0.0579 e. The van der Waals surface area contributed by atoms with E-state index in [2.05, 4.69) is 221 Å². The maximum absolute atomic E-state index is 2.61. The van der Waals surface area contributed by atoms with E-state index in [0.717, 1.165) is 11.4 Å². The number of nitrogens with zero attached hydrogens (tertiary/aromatic N) is 2. The van der Waals surface area contributed by atoms with Gasteiger partial charge in [0.2, 0.25) is 0 Å². The number of benzene rings is 7. The van der Waals surface area contributed by atoms with Gasteiger partial charge in [-0.2, -0.15) is 0 Å². The molecule has 0 atom stereocenters. The highest BCUT2D eigenvalue weighted by Gasteiger charge is 2.59. The molecule has 0 unspecified atom stereocenters. The maximum atomic E-state index is 2.61. The molecule has 0 amide bonds. The van der Waals surface area contributed by atoms with Crippen molar-refractivity contribution in [2.75, 3.05) is 9.80 Å². The Labute approximate surface area is 318 Å². The molecule has 0 N–H and O–H groups in total. The van der Waals surface area contributed by atoms with Crippen molar-refractivity contribution in [2.45, 2.75) is 57.8 Å². The number of anilines is 6. The molecule has 0 aliphatic heterocycles. The molecule has 4 heteroatoms. The van der Waals surface area contributed by atoms with Gasteiger partial charge in [0.25, 0.3) is 0 Å². The van der Waals surface area contributed by atoms with Crippen molar-refractivity contribution >= 4 is 61.0 Å². The standard InChI is InChI=1S/C49H50N2Si2/c1-35-19-24-41(25-20-35)50(39-15-11-9-12-16-39)43-28-23-37-32-46-45-30-29-44(51(40-17-13-10-14-18-40)42-26-21-36(2)22-27-42)34-48(45)49(52(3,4)5,53(6,7)8)47(46)33-38(37)31-43/h9-34H,1-8H3. The first-order valence-corrected chi connectivity index (χ1v) is 25.9. The Kier molecular flexibility index (Phi) is 8.59. The van der Waals surface area contributed by atoms with Crippen molar-refractivity contribution < 1.29 is 0 Å². The largest absolute Gasteiger partial charge is 0.310 e.